The van der Waals surface area contributed by atoms with Crippen molar-refractivity contribution in [1.82, 2.24) is 4.90 Å². The second-order valence-corrected chi connectivity index (χ2v) is 14.7. The van der Waals surface area contributed by atoms with Crippen LogP contribution in [0, 0.1) is 12.3 Å². The van der Waals surface area contributed by atoms with E-state index in [-0.39, 0.29) is 24.4 Å². The fraction of sp³-hybridized carbons (Fsp3) is 0.600. The van der Waals surface area contributed by atoms with Crippen molar-refractivity contribution in [3.05, 3.63) is 29.3 Å². The van der Waals surface area contributed by atoms with Gasteiger partial charge in [0, 0.05) is 12.1 Å². The highest BCUT2D eigenvalue weighted by Crippen LogP contribution is 2.39. The molecule has 34 heavy (non-hydrogen) atoms. The summed E-state index contributed by atoms with van der Waals surface area (Å²) in [7, 11) is -0.634. The van der Waals surface area contributed by atoms with Gasteiger partial charge in [-0.15, -0.1) is 6.42 Å². The molecule has 9 heteroatoms. The summed E-state index contributed by atoms with van der Waals surface area (Å²) in [5.74, 6) is 2.39. The smallest absolute Gasteiger partial charge is 0.407 e. The molecular formula is C25H37NO7Si. The molecule has 0 aromatic heterocycles. The lowest BCUT2D eigenvalue weighted by Crippen LogP contribution is -2.43. The van der Waals surface area contributed by atoms with Crippen LogP contribution < -0.4 is 4.74 Å². The minimum Gasteiger partial charge on any atom is -0.491 e. The zero-order chi connectivity index (χ0) is 25.5. The van der Waals surface area contributed by atoms with E-state index in [4.69, 9.17) is 25.1 Å². The topological polar surface area (TPSA) is 94.5 Å². The lowest BCUT2D eigenvalue weighted by Gasteiger charge is -2.38. The molecule has 0 aliphatic carbocycles. The first kappa shape index (κ1) is 27.7. The van der Waals surface area contributed by atoms with Crippen LogP contribution >= 0.6 is 0 Å². The number of piperidine rings is 1. The number of ether oxygens (including phenoxy) is 3. The predicted molar refractivity (Wildman–Crippen MR) is 132 cm³/mol. The number of benzene rings is 1. The van der Waals surface area contributed by atoms with Crippen molar-refractivity contribution in [3.8, 4) is 18.1 Å². The van der Waals surface area contributed by atoms with Gasteiger partial charge in [0.15, 0.2) is 8.32 Å². The quantitative estimate of drug-likeness (QED) is 0.231. The van der Waals surface area contributed by atoms with E-state index in [1.807, 2.05) is 0 Å². The Hall–Kier alpha value is -2.54. The average molecular weight is 492 g/mol. The molecule has 0 radical (unpaired) electrons. The Kier molecular flexibility index (Phi) is 9.56. The molecule has 2 atom stereocenters. The third-order valence-corrected chi connectivity index (χ3v) is 11.1. The molecule has 0 spiro atoms. The Bertz CT molecular complexity index is 904. The van der Waals surface area contributed by atoms with Gasteiger partial charge >= 0.3 is 12.1 Å². The van der Waals surface area contributed by atoms with Crippen LogP contribution in [0.1, 0.15) is 55.6 Å². The fourth-order valence-electron chi connectivity index (χ4n) is 3.62. The van der Waals surface area contributed by atoms with Gasteiger partial charge in [0.2, 0.25) is 0 Å². The van der Waals surface area contributed by atoms with Crippen LogP contribution in [-0.2, 0) is 13.9 Å². The summed E-state index contributed by atoms with van der Waals surface area (Å²) in [4.78, 5) is 25.5. The maximum atomic E-state index is 12.1. The molecule has 1 aliphatic heterocycles. The number of hydrogen-bond donors (Lipinski definition) is 1. The molecule has 1 amide bonds. The number of hydrogen-bond acceptors (Lipinski definition) is 6. The number of carbonyl (C=O) groups excluding carboxylic acids is 1. The van der Waals surface area contributed by atoms with Crippen molar-refractivity contribution in [3.63, 3.8) is 0 Å². The standard InChI is InChI=1S/C25H37NO7Si/c1-8-13-31-19-11-12-26(24(28)29)21(17-19)20-10-9-18(23(27)30-5)16-22(20)32-14-15-33-34(6,7)25(2,3)4/h1,9-10,16,19,21H,11-15,17H2,2-7H3,(H,28,29)/t19?,21-/m0/s1. The number of terminal acetylenes is 1. The summed E-state index contributed by atoms with van der Waals surface area (Å²) >= 11 is 0. The summed E-state index contributed by atoms with van der Waals surface area (Å²) in [6.07, 6.45) is 5.11. The summed E-state index contributed by atoms with van der Waals surface area (Å²) in [6.45, 7) is 12.0. The zero-order valence-corrected chi connectivity index (χ0v) is 22.1. The molecule has 1 saturated heterocycles. The van der Waals surface area contributed by atoms with Gasteiger partial charge in [0.1, 0.15) is 19.0 Å². The summed E-state index contributed by atoms with van der Waals surface area (Å²) in [6, 6.07) is 4.43. The van der Waals surface area contributed by atoms with Crippen molar-refractivity contribution in [1.29, 1.82) is 0 Å². The highest BCUT2D eigenvalue weighted by Gasteiger charge is 2.37. The lowest BCUT2D eigenvalue weighted by molar-refractivity contribution is 0.00148. The minimum atomic E-state index is -1.94. The molecule has 188 valence electrons. The number of carbonyl (C=O) groups is 2. The third-order valence-electron chi connectivity index (χ3n) is 6.61. The monoisotopic (exact) mass is 491 g/mol. The van der Waals surface area contributed by atoms with Crippen LogP contribution in [0.5, 0.6) is 5.75 Å². The Morgan fingerprint density at radius 3 is 2.56 bits per heavy atom. The second-order valence-electron chi connectivity index (χ2n) is 9.85. The molecule has 0 bridgehead atoms. The van der Waals surface area contributed by atoms with Crippen molar-refractivity contribution in [2.45, 2.75) is 63.9 Å². The largest absolute Gasteiger partial charge is 0.491 e. The normalized spacial score (nSPS) is 18.8. The van der Waals surface area contributed by atoms with E-state index in [1.54, 1.807) is 18.2 Å². The maximum Gasteiger partial charge on any atom is 0.407 e. The molecular weight excluding hydrogens is 454 g/mol. The van der Waals surface area contributed by atoms with Crippen LogP contribution in [-0.4, -0.2) is 70.0 Å². The van der Waals surface area contributed by atoms with Gasteiger partial charge < -0.3 is 28.6 Å². The van der Waals surface area contributed by atoms with Gasteiger partial charge in [0.25, 0.3) is 0 Å². The van der Waals surface area contributed by atoms with Crippen molar-refractivity contribution >= 4 is 20.4 Å². The maximum absolute atomic E-state index is 12.1. The first-order valence-electron chi connectivity index (χ1n) is 11.4. The molecule has 0 saturated carbocycles. The number of amides is 1. The number of rotatable bonds is 9. The first-order chi connectivity index (χ1) is 15.9. The molecule has 1 fully saturated rings. The SMILES string of the molecule is C#CCOC1CCN(C(=O)O)[C@H](c2ccc(C(=O)OC)cc2OCCO[Si](C)(C)C(C)(C)C)C1. The number of nitrogens with zero attached hydrogens (tertiary/aromatic N) is 1. The summed E-state index contributed by atoms with van der Waals surface area (Å²) in [5, 5.41) is 9.88. The van der Waals surface area contributed by atoms with E-state index >= 15 is 0 Å². The number of methoxy groups -OCH3 is 1. The van der Waals surface area contributed by atoms with Crippen LogP contribution in [0.4, 0.5) is 4.79 Å². The van der Waals surface area contributed by atoms with E-state index in [0.29, 0.717) is 42.9 Å². The zero-order valence-electron chi connectivity index (χ0n) is 21.1. The average Bonchev–Trinajstić information content (AvgIpc) is 2.78. The Morgan fingerprint density at radius 1 is 1.26 bits per heavy atom. The molecule has 1 N–H and O–H groups in total. The second kappa shape index (κ2) is 11.7. The minimum absolute atomic E-state index is 0.0699. The molecule has 1 aromatic carbocycles. The Labute approximate surface area is 203 Å². The fourth-order valence-corrected chi connectivity index (χ4v) is 4.65. The van der Waals surface area contributed by atoms with Crippen LogP contribution in [0.3, 0.4) is 0 Å². The molecule has 8 nitrogen and oxygen atoms in total. The number of carboxylic acid groups (broad SMARTS) is 1. The number of likely N-dealkylation sites (tertiary alicyclic amines) is 1. The molecule has 1 heterocycles. The first-order valence-corrected chi connectivity index (χ1v) is 14.4. The van der Waals surface area contributed by atoms with E-state index in [0.717, 1.165) is 0 Å². The van der Waals surface area contributed by atoms with E-state index in [2.05, 4.69) is 39.8 Å². The molecule has 1 aromatic rings. The van der Waals surface area contributed by atoms with E-state index < -0.39 is 26.4 Å². The van der Waals surface area contributed by atoms with E-state index in [1.165, 1.54) is 12.0 Å². The van der Waals surface area contributed by atoms with E-state index in [9.17, 15) is 14.7 Å². The highest BCUT2D eigenvalue weighted by atomic mass is 28.4. The summed E-state index contributed by atoms with van der Waals surface area (Å²) in [5.41, 5.74) is 0.987. The van der Waals surface area contributed by atoms with Gasteiger partial charge in [0.05, 0.1) is 31.4 Å². The van der Waals surface area contributed by atoms with Crippen molar-refractivity contribution in [2.24, 2.45) is 0 Å². The Balaban J connectivity index is 2.29. The summed E-state index contributed by atoms with van der Waals surface area (Å²) < 4.78 is 22.8. The van der Waals surface area contributed by atoms with Crippen molar-refractivity contribution < 1.29 is 33.3 Å². The molecule has 1 aliphatic rings. The number of esters is 1. The van der Waals surface area contributed by atoms with Crippen LogP contribution in [0.15, 0.2) is 18.2 Å². The van der Waals surface area contributed by atoms with Gasteiger partial charge in [-0.05, 0) is 43.1 Å². The van der Waals surface area contributed by atoms with Gasteiger partial charge in [-0.3, -0.25) is 0 Å². The van der Waals surface area contributed by atoms with Crippen LogP contribution in [0.25, 0.3) is 0 Å². The van der Waals surface area contributed by atoms with Crippen LogP contribution in [0.2, 0.25) is 18.1 Å². The van der Waals surface area contributed by atoms with Gasteiger partial charge in [-0.2, -0.15) is 0 Å². The van der Waals surface area contributed by atoms with Gasteiger partial charge in [-0.25, -0.2) is 9.59 Å². The predicted octanol–water partition coefficient (Wildman–Crippen LogP) is 4.71. The lowest BCUT2D eigenvalue weighted by atomic mass is 9.92. The molecule has 1 unspecified atom stereocenters. The van der Waals surface area contributed by atoms with Crippen molar-refractivity contribution in [2.75, 3.05) is 33.5 Å². The molecule has 2 rings (SSSR count). The van der Waals surface area contributed by atoms with Gasteiger partial charge in [-0.1, -0.05) is 32.8 Å². The third kappa shape index (κ3) is 6.98. The highest BCUT2D eigenvalue weighted by molar-refractivity contribution is 6.74. The Morgan fingerprint density at radius 2 is 1.97 bits per heavy atom.